The first-order chi connectivity index (χ1) is 7.96. The molecule has 5 heteroatoms. The summed E-state index contributed by atoms with van der Waals surface area (Å²) >= 11 is 0. The predicted molar refractivity (Wildman–Crippen MR) is 64.4 cm³/mol. The van der Waals surface area contributed by atoms with Gasteiger partial charge in [-0.3, -0.25) is 14.7 Å². The summed E-state index contributed by atoms with van der Waals surface area (Å²) in [6.45, 7) is 5.60. The first-order valence-electron chi connectivity index (χ1n) is 5.37. The molecule has 0 unspecified atom stereocenters. The number of hydrogen-bond donors (Lipinski definition) is 2. The molecule has 1 aromatic heterocycles. The molecule has 90 valence electrons. The van der Waals surface area contributed by atoms with E-state index >= 15 is 0 Å². The lowest BCUT2D eigenvalue weighted by atomic mass is 10.1. The van der Waals surface area contributed by atoms with Crippen LogP contribution in [0.4, 0.5) is 0 Å². The topological polar surface area (TPSA) is 67.0 Å². The number of nitrogens with zero attached hydrogens (tertiary/aromatic N) is 1. The van der Waals surface area contributed by atoms with Gasteiger partial charge in [-0.15, -0.1) is 0 Å². The highest BCUT2D eigenvalue weighted by atomic mass is 16.7. The average Bonchev–Trinajstić information content (AvgIpc) is 2.71. The molecule has 1 aromatic carbocycles. The number of hydroxylamine groups is 1. The quantitative estimate of drug-likeness (QED) is 0.780. The summed E-state index contributed by atoms with van der Waals surface area (Å²) in [6.07, 6.45) is 1.71. The van der Waals surface area contributed by atoms with Gasteiger partial charge in [0.1, 0.15) is 0 Å². The Kier molecular flexibility index (Phi) is 2.85. The molecule has 0 aliphatic rings. The highest BCUT2D eigenvalue weighted by molar-refractivity contribution is 5.97. The minimum absolute atomic E-state index is 0.267. The van der Waals surface area contributed by atoms with Crippen molar-refractivity contribution in [2.45, 2.75) is 26.4 Å². The summed E-state index contributed by atoms with van der Waals surface area (Å²) in [5.74, 6) is -0.267. The molecule has 0 fully saturated rings. The maximum absolute atomic E-state index is 11.8. The van der Waals surface area contributed by atoms with E-state index in [0.717, 1.165) is 10.9 Å². The van der Waals surface area contributed by atoms with E-state index in [1.807, 2.05) is 26.8 Å². The fraction of sp³-hybridized carbons (Fsp3) is 0.333. The van der Waals surface area contributed by atoms with E-state index in [0.29, 0.717) is 5.56 Å². The van der Waals surface area contributed by atoms with Crippen LogP contribution in [0, 0.1) is 0 Å². The van der Waals surface area contributed by atoms with Crippen molar-refractivity contribution >= 4 is 16.8 Å². The van der Waals surface area contributed by atoms with E-state index < -0.39 is 5.60 Å². The van der Waals surface area contributed by atoms with Crippen molar-refractivity contribution in [2.24, 2.45) is 0 Å². The van der Waals surface area contributed by atoms with Gasteiger partial charge in [-0.05, 0) is 32.9 Å². The van der Waals surface area contributed by atoms with Crippen LogP contribution in [0.2, 0.25) is 0 Å². The number of rotatable bonds is 2. The highest BCUT2D eigenvalue weighted by Gasteiger charge is 2.14. The van der Waals surface area contributed by atoms with Gasteiger partial charge in [-0.2, -0.15) is 5.10 Å². The average molecular weight is 233 g/mol. The fourth-order valence-electron chi connectivity index (χ4n) is 1.34. The van der Waals surface area contributed by atoms with Crippen molar-refractivity contribution in [1.82, 2.24) is 15.7 Å². The van der Waals surface area contributed by atoms with Crippen LogP contribution >= 0.6 is 0 Å². The van der Waals surface area contributed by atoms with Crippen LogP contribution in [0.3, 0.4) is 0 Å². The molecule has 0 atom stereocenters. The highest BCUT2D eigenvalue weighted by Crippen LogP contribution is 2.13. The maximum Gasteiger partial charge on any atom is 0.274 e. The summed E-state index contributed by atoms with van der Waals surface area (Å²) in [5.41, 5.74) is 3.37. The molecule has 0 bridgehead atoms. The van der Waals surface area contributed by atoms with Gasteiger partial charge in [0.25, 0.3) is 5.91 Å². The Bertz CT molecular complexity index is 540. The van der Waals surface area contributed by atoms with Gasteiger partial charge in [0.15, 0.2) is 0 Å². The van der Waals surface area contributed by atoms with Crippen molar-refractivity contribution in [1.29, 1.82) is 0 Å². The monoisotopic (exact) mass is 233 g/mol. The lowest BCUT2D eigenvalue weighted by Gasteiger charge is -2.18. The van der Waals surface area contributed by atoms with E-state index in [1.165, 1.54) is 0 Å². The number of aromatic amines is 1. The number of benzene rings is 1. The number of fused-ring (bicyclic) bond motifs is 1. The summed E-state index contributed by atoms with van der Waals surface area (Å²) < 4.78 is 0. The fourth-order valence-corrected chi connectivity index (χ4v) is 1.34. The van der Waals surface area contributed by atoms with Gasteiger partial charge in [0.2, 0.25) is 0 Å². The van der Waals surface area contributed by atoms with E-state index in [-0.39, 0.29) is 5.91 Å². The Hall–Kier alpha value is -1.88. The third-order valence-corrected chi connectivity index (χ3v) is 2.15. The Morgan fingerprint density at radius 3 is 2.88 bits per heavy atom. The molecule has 0 radical (unpaired) electrons. The molecule has 2 N–H and O–H groups in total. The van der Waals surface area contributed by atoms with Crippen LogP contribution in [0.5, 0.6) is 0 Å². The Morgan fingerprint density at radius 2 is 2.18 bits per heavy atom. The Balaban J connectivity index is 2.13. The number of carbonyl (C=O) groups excluding carboxylic acids is 1. The zero-order chi connectivity index (χ0) is 12.5. The van der Waals surface area contributed by atoms with Crippen molar-refractivity contribution in [3.05, 3.63) is 30.0 Å². The summed E-state index contributed by atoms with van der Waals surface area (Å²) in [7, 11) is 0. The molecule has 2 rings (SSSR count). The van der Waals surface area contributed by atoms with Gasteiger partial charge < -0.3 is 0 Å². The molecule has 1 heterocycles. The van der Waals surface area contributed by atoms with E-state index in [2.05, 4.69) is 15.7 Å². The molecular formula is C12H15N3O2. The zero-order valence-electron chi connectivity index (χ0n) is 10.1. The van der Waals surface area contributed by atoms with Crippen LogP contribution in [0.25, 0.3) is 10.9 Å². The standard InChI is InChI=1S/C12H15N3O2/c1-12(2,3)17-15-11(16)8-4-5-9-7-13-14-10(9)6-8/h4-7H,1-3H3,(H,13,14)(H,15,16). The van der Waals surface area contributed by atoms with Crippen molar-refractivity contribution in [3.63, 3.8) is 0 Å². The van der Waals surface area contributed by atoms with Crippen molar-refractivity contribution in [3.8, 4) is 0 Å². The first-order valence-corrected chi connectivity index (χ1v) is 5.37. The number of nitrogens with one attached hydrogen (secondary N) is 2. The molecule has 17 heavy (non-hydrogen) atoms. The third-order valence-electron chi connectivity index (χ3n) is 2.15. The molecule has 0 aliphatic carbocycles. The number of amides is 1. The van der Waals surface area contributed by atoms with Crippen LogP contribution in [0.1, 0.15) is 31.1 Å². The van der Waals surface area contributed by atoms with Gasteiger partial charge in [0.05, 0.1) is 17.3 Å². The second-order valence-electron chi connectivity index (χ2n) is 4.82. The molecular weight excluding hydrogens is 218 g/mol. The SMILES string of the molecule is CC(C)(C)ONC(=O)c1ccc2cn[nH]c2c1. The molecule has 0 saturated heterocycles. The number of carbonyl (C=O) groups is 1. The van der Waals surface area contributed by atoms with E-state index in [9.17, 15) is 4.79 Å². The molecule has 0 spiro atoms. The van der Waals surface area contributed by atoms with Crippen LogP contribution in [0.15, 0.2) is 24.4 Å². The number of H-pyrrole nitrogens is 1. The van der Waals surface area contributed by atoms with E-state index in [1.54, 1.807) is 18.3 Å². The van der Waals surface area contributed by atoms with Crippen molar-refractivity contribution in [2.75, 3.05) is 0 Å². The molecule has 2 aromatic rings. The largest absolute Gasteiger partial charge is 0.278 e. The third kappa shape index (κ3) is 2.82. The number of aromatic nitrogens is 2. The second kappa shape index (κ2) is 4.18. The van der Waals surface area contributed by atoms with Gasteiger partial charge in [0, 0.05) is 10.9 Å². The first kappa shape index (κ1) is 11.6. The minimum atomic E-state index is -0.409. The predicted octanol–water partition coefficient (Wildman–Crippen LogP) is 2.02. The lowest BCUT2D eigenvalue weighted by Crippen LogP contribution is -2.33. The van der Waals surface area contributed by atoms with Gasteiger partial charge in [-0.25, -0.2) is 5.48 Å². The minimum Gasteiger partial charge on any atom is -0.278 e. The van der Waals surface area contributed by atoms with Gasteiger partial charge >= 0.3 is 0 Å². The summed E-state index contributed by atoms with van der Waals surface area (Å²) in [4.78, 5) is 17.0. The molecule has 1 amide bonds. The molecule has 0 saturated carbocycles. The Morgan fingerprint density at radius 1 is 1.41 bits per heavy atom. The molecule has 0 aliphatic heterocycles. The lowest BCUT2D eigenvalue weighted by molar-refractivity contribution is -0.0589. The summed E-state index contributed by atoms with van der Waals surface area (Å²) in [6, 6.07) is 5.31. The second-order valence-corrected chi connectivity index (χ2v) is 4.82. The Labute approximate surface area is 99.1 Å². The van der Waals surface area contributed by atoms with Crippen LogP contribution in [-0.4, -0.2) is 21.7 Å². The maximum atomic E-state index is 11.8. The summed E-state index contributed by atoms with van der Waals surface area (Å²) in [5, 5.41) is 7.69. The molecule has 5 nitrogen and oxygen atoms in total. The van der Waals surface area contributed by atoms with Crippen LogP contribution in [-0.2, 0) is 4.84 Å². The van der Waals surface area contributed by atoms with Crippen LogP contribution < -0.4 is 5.48 Å². The van der Waals surface area contributed by atoms with Gasteiger partial charge in [-0.1, -0.05) is 6.07 Å². The number of hydrogen-bond acceptors (Lipinski definition) is 3. The van der Waals surface area contributed by atoms with E-state index in [4.69, 9.17) is 4.84 Å². The smallest absolute Gasteiger partial charge is 0.274 e. The normalized spacial score (nSPS) is 11.7. The van der Waals surface area contributed by atoms with Crippen molar-refractivity contribution < 1.29 is 9.63 Å². The zero-order valence-corrected chi connectivity index (χ0v) is 10.1.